The largest absolute Gasteiger partial charge is 0.324 e. The van der Waals surface area contributed by atoms with Gasteiger partial charge in [0.2, 0.25) is 5.91 Å². The zero-order chi connectivity index (χ0) is 22.8. The number of aromatic nitrogens is 2. The van der Waals surface area contributed by atoms with E-state index in [0.717, 1.165) is 20.5 Å². The molecule has 0 bridgehead atoms. The number of aryl methyl sites for hydroxylation is 2. The number of carbonyl (C=O) groups excluding carboxylic acids is 2. The number of rotatable bonds is 5. The van der Waals surface area contributed by atoms with Crippen molar-refractivity contribution in [2.75, 3.05) is 10.6 Å². The molecule has 162 valence electrons. The summed E-state index contributed by atoms with van der Waals surface area (Å²) in [5, 5.41) is 6.02. The van der Waals surface area contributed by atoms with Crippen LogP contribution in [0.4, 0.5) is 11.4 Å². The Morgan fingerprint density at radius 3 is 2.56 bits per heavy atom. The van der Waals surface area contributed by atoms with Gasteiger partial charge < -0.3 is 10.6 Å². The van der Waals surface area contributed by atoms with E-state index >= 15 is 0 Å². The van der Waals surface area contributed by atoms with Gasteiger partial charge in [-0.2, -0.15) is 0 Å². The van der Waals surface area contributed by atoms with E-state index in [9.17, 15) is 14.4 Å². The lowest BCUT2D eigenvalue weighted by Crippen LogP contribution is -2.28. The standard InChI is InChI=1S/C23H19IN4O3S/c1-13-10-15(24)8-9-17(13)27-18(29)11-28-12-25-22-19(23(28)31)14(2)20(32-22)21(30)26-16-6-4-3-5-7-16/h3-10,12H,11H2,1-2H3,(H,26,30)(H,27,29). The maximum absolute atomic E-state index is 13.1. The van der Waals surface area contributed by atoms with Crippen LogP contribution in [0.3, 0.4) is 0 Å². The molecule has 2 amide bonds. The van der Waals surface area contributed by atoms with E-state index in [0.29, 0.717) is 32.0 Å². The Morgan fingerprint density at radius 2 is 1.84 bits per heavy atom. The molecule has 0 saturated heterocycles. The van der Waals surface area contributed by atoms with Crippen molar-refractivity contribution < 1.29 is 9.59 Å². The molecule has 9 heteroatoms. The number of nitrogens with one attached hydrogen (secondary N) is 2. The molecule has 0 radical (unpaired) electrons. The first-order chi connectivity index (χ1) is 15.3. The summed E-state index contributed by atoms with van der Waals surface area (Å²) in [4.78, 5) is 43.6. The number of hydrogen-bond acceptors (Lipinski definition) is 5. The lowest BCUT2D eigenvalue weighted by Gasteiger charge is -2.10. The smallest absolute Gasteiger partial charge is 0.266 e. The summed E-state index contributed by atoms with van der Waals surface area (Å²) in [5.74, 6) is -0.623. The highest BCUT2D eigenvalue weighted by molar-refractivity contribution is 14.1. The molecule has 0 saturated carbocycles. The molecule has 7 nitrogen and oxygen atoms in total. The van der Waals surface area contributed by atoms with Crippen LogP contribution >= 0.6 is 33.9 Å². The SMILES string of the molecule is Cc1cc(I)ccc1NC(=O)Cn1cnc2sc(C(=O)Nc3ccccc3)c(C)c2c1=O. The van der Waals surface area contributed by atoms with E-state index in [1.807, 2.05) is 43.3 Å². The molecule has 32 heavy (non-hydrogen) atoms. The number of thiophene rings is 1. The summed E-state index contributed by atoms with van der Waals surface area (Å²) in [7, 11) is 0. The number of amides is 2. The first-order valence-corrected chi connectivity index (χ1v) is 11.6. The first-order valence-electron chi connectivity index (χ1n) is 9.74. The number of para-hydroxylation sites is 1. The molecule has 0 spiro atoms. The second-order valence-corrected chi connectivity index (χ2v) is 9.49. The minimum absolute atomic E-state index is 0.173. The van der Waals surface area contributed by atoms with Crippen LogP contribution in [0.1, 0.15) is 20.8 Å². The monoisotopic (exact) mass is 558 g/mol. The van der Waals surface area contributed by atoms with Crippen LogP contribution in [0.25, 0.3) is 10.2 Å². The fraction of sp³-hybridized carbons (Fsp3) is 0.130. The van der Waals surface area contributed by atoms with Crippen molar-refractivity contribution in [2.45, 2.75) is 20.4 Å². The third-order valence-electron chi connectivity index (χ3n) is 4.93. The zero-order valence-electron chi connectivity index (χ0n) is 17.3. The fourth-order valence-corrected chi connectivity index (χ4v) is 4.99. The molecule has 4 rings (SSSR count). The van der Waals surface area contributed by atoms with E-state index in [2.05, 4.69) is 38.2 Å². The minimum Gasteiger partial charge on any atom is -0.324 e. The average molecular weight is 558 g/mol. The number of carbonyl (C=O) groups is 2. The molecule has 0 aliphatic carbocycles. The van der Waals surface area contributed by atoms with Crippen molar-refractivity contribution in [1.82, 2.24) is 9.55 Å². The van der Waals surface area contributed by atoms with Crippen LogP contribution in [0, 0.1) is 17.4 Å². The summed E-state index contributed by atoms with van der Waals surface area (Å²) in [6.07, 6.45) is 1.35. The summed E-state index contributed by atoms with van der Waals surface area (Å²) >= 11 is 3.37. The molecular weight excluding hydrogens is 539 g/mol. The highest BCUT2D eigenvalue weighted by Gasteiger charge is 2.20. The molecule has 0 aliphatic heterocycles. The molecule has 2 N–H and O–H groups in total. The van der Waals surface area contributed by atoms with Crippen molar-refractivity contribution >= 4 is 67.3 Å². The molecule has 0 fully saturated rings. The second kappa shape index (κ2) is 9.21. The molecular formula is C23H19IN4O3S. The molecule has 2 aromatic heterocycles. The van der Waals surface area contributed by atoms with Gasteiger partial charge in [0.1, 0.15) is 11.4 Å². The Balaban J connectivity index is 1.58. The molecule has 4 aromatic rings. The summed E-state index contributed by atoms with van der Waals surface area (Å²) < 4.78 is 2.34. The van der Waals surface area contributed by atoms with E-state index in [4.69, 9.17) is 0 Å². The Morgan fingerprint density at radius 1 is 1.09 bits per heavy atom. The molecule has 2 aromatic carbocycles. The minimum atomic E-state index is -0.350. The summed E-state index contributed by atoms with van der Waals surface area (Å²) in [6.45, 7) is 3.46. The average Bonchev–Trinajstić information content (AvgIpc) is 3.10. The van der Waals surface area contributed by atoms with Crippen LogP contribution in [0.2, 0.25) is 0 Å². The van der Waals surface area contributed by atoms with E-state index in [1.165, 1.54) is 10.9 Å². The number of nitrogens with zero attached hydrogens (tertiary/aromatic N) is 2. The maximum Gasteiger partial charge on any atom is 0.266 e. The van der Waals surface area contributed by atoms with Crippen LogP contribution in [-0.2, 0) is 11.3 Å². The van der Waals surface area contributed by atoms with Crippen LogP contribution in [-0.4, -0.2) is 21.4 Å². The number of halogens is 1. The van der Waals surface area contributed by atoms with E-state index in [1.54, 1.807) is 19.1 Å². The second-order valence-electron chi connectivity index (χ2n) is 7.24. The third kappa shape index (κ3) is 4.58. The van der Waals surface area contributed by atoms with Gasteiger partial charge in [0.25, 0.3) is 11.5 Å². The Hall–Kier alpha value is -3.05. The van der Waals surface area contributed by atoms with E-state index in [-0.39, 0.29) is 23.9 Å². The van der Waals surface area contributed by atoms with Gasteiger partial charge in [-0.3, -0.25) is 19.0 Å². The van der Waals surface area contributed by atoms with Crippen molar-refractivity contribution in [2.24, 2.45) is 0 Å². The van der Waals surface area contributed by atoms with Gasteiger partial charge in [-0.15, -0.1) is 11.3 Å². The van der Waals surface area contributed by atoms with Gasteiger partial charge in [0.05, 0.1) is 16.6 Å². The Kier molecular flexibility index (Phi) is 6.38. The number of anilines is 2. The third-order valence-corrected chi connectivity index (χ3v) is 6.80. The van der Waals surface area contributed by atoms with Crippen molar-refractivity contribution in [3.05, 3.63) is 84.8 Å². The lowest BCUT2D eigenvalue weighted by molar-refractivity contribution is -0.116. The van der Waals surface area contributed by atoms with Gasteiger partial charge in [0.15, 0.2) is 0 Å². The van der Waals surface area contributed by atoms with Gasteiger partial charge >= 0.3 is 0 Å². The fourth-order valence-electron chi connectivity index (χ4n) is 3.31. The highest BCUT2D eigenvalue weighted by Crippen LogP contribution is 2.27. The van der Waals surface area contributed by atoms with Crippen LogP contribution < -0.4 is 16.2 Å². The Bertz CT molecular complexity index is 1400. The quantitative estimate of drug-likeness (QED) is 0.351. The lowest BCUT2D eigenvalue weighted by atomic mass is 10.2. The highest BCUT2D eigenvalue weighted by atomic mass is 127. The first kappa shape index (κ1) is 22.2. The van der Waals surface area contributed by atoms with Crippen LogP contribution in [0.5, 0.6) is 0 Å². The number of benzene rings is 2. The molecule has 0 unspecified atom stereocenters. The van der Waals surface area contributed by atoms with Crippen LogP contribution in [0.15, 0.2) is 59.7 Å². The van der Waals surface area contributed by atoms with Crippen molar-refractivity contribution in [1.29, 1.82) is 0 Å². The topological polar surface area (TPSA) is 93.1 Å². The Labute approximate surface area is 201 Å². The molecule has 0 atom stereocenters. The predicted octanol–water partition coefficient (Wildman–Crippen LogP) is 4.57. The predicted molar refractivity (Wildman–Crippen MR) is 136 cm³/mol. The zero-order valence-corrected chi connectivity index (χ0v) is 20.3. The molecule has 0 aliphatic rings. The number of hydrogen-bond donors (Lipinski definition) is 2. The maximum atomic E-state index is 13.1. The van der Waals surface area contributed by atoms with Gasteiger partial charge in [-0.05, 0) is 77.9 Å². The number of fused-ring (bicyclic) bond motifs is 1. The van der Waals surface area contributed by atoms with Crippen molar-refractivity contribution in [3.63, 3.8) is 0 Å². The van der Waals surface area contributed by atoms with Crippen molar-refractivity contribution in [3.8, 4) is 0 Å². The normalized spacial score (nSPS) is 10.8. The van der Waals surface area contributed by atoms with Gasteiger partial charge in [-0.1, -0.05) is 18.2 Å². The summed E-state index contributed by atoms with van der Waals surface area (Å²) in [5.41, 5.74) is 2.51. The van der Waals surface area contributed by atoms with Gasteiger partial charge in [0, 0.05) is 14.9 Å². The molecule has 2 heterocycles. The van der Waals surface area contributed by atoms with Gasteiger partial charge in [-0.25, -0.2) is 4.98 Å². The summed E-state index contributed by atoms with van der Waals surface area (Å²) in [6, 6.07) is 14.8. The van der Waals surface area contributed by atoms with E-state index < -0.39 is 0 Å².